The summed E-state index contributed by atoms with van der Waals surface area (Å²) >= 11 is 0. The van der Waals surface area contributed by atoms with Gasteiger partial charge in [-0.2, -0.15) is 0 Å². The Hall–Kier alpha value is -3.81. The van der Waals surface area contributed by atoms with Crippen molar-refractivity contribution < 1.29 is 4.42 Å². The van der Waals surface area contributed by atoms with Gasteiger partial charge in [0, 0.05) is 45.0 Å². The van der Waals surface area contributed by atoms with E-state index in [1.165, 1.54) is 5.69 Å². The fraction of sp³-hybridized carbons (Fsp3) is 0.292. The maximum absolute atomic E-state index is 5.42. The van der Waals surface area contributed by atoms with Gasteiger partial charge in [0.2, 0.25) is 0 Å². The molecular weight excluding hydrogens is 402 g/mol. The molecule has 0 unspecified atom stereocenters. The SMILES string of the molecule is CN(CCCNC(=NCc1nnc2ccccn12)NCCc1ccco1)c1ccccc1. The summed E-state index contributed by atoms with van der Waals surface area (Å²) in [5.41, 5.74) is 2.04. The Kier molecular flexibility index (Phi) is 7.36. The van der Waals surface area contributed by atoms with E-state index in [1.54, 1.807) is 6.26 Å². The van der Waals surface area contributed by atoms with Gasteiger partial charge in [0.15, 0.2) is 17.4 Å². The number of benzene rings is 1. The van der Waals surface area contributed by atoms with Gasteiger partial charge in [0.1, 0.15) is 12.3 Å². The number of aromatic nitrogens is 3. The molecule has 0 radical (unpaired) electrons. The molecule has 0 aliphatic heterocycles. The Morgan fingerprint density at radius 2 is 1.84 bits per heavy atom. The lowest BCUT2D eigenvalue weighted by Gasteiger charge is -2.19. The Morgan fingerprint density at radius 1 is 1.00 bits per heavy atom. The Labute approximate surface area is 188 Å². The first-order chi connectivity index (χ1) is 15.8. The molecule has 8 heteroatoms. The van der Waals surface area contributed by atoms with Gasteiger partial charge in [0.05, 0.1) is 6.26 Å². The molecule has 4 rings (SSSR count). The van der Waals surface area contributed by atoms with Crippen molar-refractivity contribution in [2.45, 2.75) is 19.4 Å². The second-order valence-corrected chi connectivity index (χ2v) is 7.50. The predicted octanol–water partition coefficient (Wildman–Crippen LogP) is 3.13. The fourth-order valence-corrected chi connectivity index (χ4v) is 3.42. The van der Waals surface area contributed by atoms with Crippen LogP contribution in [-0.4, -0.2) is 47.2 Å². The summed E-state index contributed by atoms with van der Waals surface area (Å²) in [6.07, 6.45) is 5.43. The average Bonchev–Trinajstić information content (AvgIpc) is 3.50. The van der Waals surface area contributed by atoms with Gasteiger partial charge in [0.25, 0.3) is 0 Å². The molecule has 0 bridgehead atoms. The van der Waals surface area contributed by atoms with Crippen molar-refractivity contribution in [3.05, 3.63) is 84.7 Å². The third kappa shape index (κ3) is 5.87. The second kappa shape index (κ2) is 11.0. The first-order valence-corrected chi connectivity index (χ1v) is 10.9. The molecule has 3 heterocycles. The summed E-state index contributed by atoms with van der Waals surface area (Å²) < 4.78 is 7.38. The minimum atomic E-state index is 0.436. The lowest BCUT2D eigenvalue weighted by atomic mass is 10.3. The summed E-state index contributed by atoms with van der Waals surface area (Å²) in [6.45, 7) is 2.92. The zero-order chi connectivity index (χ0) is 22.0. The highest BCUT2D eigenvalue weighted by molar-refractivity contribution is 5.79. The molecule has 0 amide bonds. The van der Waals surface area contributed by atoms with E-state index < -0.39 is 0 Å². The van der Waals surface area contributed by atoms with Crippen molar-refractivity contribution in [3.63, 3.8) is 0 Å². The van der Waals surface area contributed by atoms with E-state index in [0.717, 1.165) is 55.7 Å². The van der Waals surface area contributed by atoms with E-state index in [0.29, 0.717) is 6.54 Å². The first-order valence-electron chi connectivity index (χ1n) is 10.9. The number of hydrogen-bond acceptors (Lipinski definition) is 5. The predicted molar refractivity (Wildman–Crippen MR) is 127 cm³/mol. The van der Waals surface area contributed by atoms with Gasteiger partial charge in [-0.15, -0.1) is 10.2 Å². The minimum Gasteiger partial charge on any atom is -0.469 e. The topological polar surface area (TPSA) is 83.0 Å². The Bertz CT molecular complexity index is 1110. The third-order valence-electron chi connectivity index (χ3n) is 5.17. The summed E-state index contributed by atoms with van der Waals surface area (Å²) in [7, 11) is 2.11. The smallest absolute Gasteiger partial charge is 0.191 e. The molecule has 0 atom stereocenters. The molecule has 2 N–H and O–H groups in total. The number of para-hydroxylation sites is 1. The number of hydrogen-bond donors (Lipinski definition) is 2. The molecular formula is C24H29N7O. The zero-order valence-electron chi connectivity index (χ0n) is 18.3. The third-order valence-corrected chi connectivity index (χ3v) is 5.17. The van der Waals surface area contributed by atoms with Crippen LogP contribution in [0.25, 0.3) is 5.65 Å². The average molecular weight is 432 g/mol. The highest BCUT2D eigenvalue weighted by Crippen LogP contribution is 2.10. The second-order valence-electron chi connectivity index (χ2n) is 7.50. The number of anilines is 1. The first kappa shape index (κ1) is 21.4. The van der Waals surface area contributed by atoms with E-state index in [2.05, 4.69) is 57.0 Å². The van der Waals surface area contributed by atoms with Gasteiger partial charge in [-0.1, -0.05) is 24.3 Å². The van der Waals surface area contributed by atoms with Gasteiger partial charge in [-0.05, 0) is 42.8 Å². The van der Waals surface area contributed by atoms with E-state index in [1.807, 2.05) is 47.0 Å². The fourth-order valence-electron chi connectivity index (χ4n) is 3.42. The van der Waals surface area contributed by atoms with Crippen LogP contribution in [0.5, 0.6) is 0 Å². The maximum atomic E-state index is 5.42. The molecule has 0 saturated carbocycles. The van der Waals surface area contributed by atoms with E-state index >= 15 is 0 Å². The number of nitrogens with zero attached hydrogens (tertiary/aromatic N) is 5. The Morgan fingerprint density at radius 3 is 2.69 bits per heavy atom. The van der Waals surface area contributed by atoms with Crippen LogP contribution in [0.1, 0.15) is 18.0 Å². The van der Waals surface area contributed by atoms with Crippen molar-refractivity contribution in [3.8, 4) is 0 Å². The van der Waals surface area contributed by atoms with Crippen LogP contribution in [0.15, 0.2) is 82.5 Å². The largest absolute Gasteiger partial charge is 0.469 e. The van der Waals surface area contributed by atoms with Crippen LogP contribution in [0.4, 0.5) is 5.69 Å². The van der Waals surface area contributed by atoms with E-state index in [9.17, 15) is 0 Å². The van der Waals surface area contributed by atoms with E-state index in [-0.39, 0.29) is 0 Å². The van der Waals surface area contributed by atoms with Crippen LogP contribution in [-0.2, 0) is 13.0 Å². The summed E-state index contributed by atoms with van der Waals surface area (Å²) in [4.78, 5) is 6.99. The molecule has 32 heavy (non-hydrogen) atoms. The summed E-state index contributed by atoms with van der Waals surface area (Å²) in [5.74, 6) is 2.51. The van der Waals surface area contributed by atoms with Crippen LogP contribution in [0, 0.1) is 0 Å². The molecule has 0 aliphatic rings. The molecule has 4 aromatic rings. The number of nitrogens with one attached hydrogen (secondary N) is 2. The molecule has 8 nitrogen and oxygen atoms in total. The highest BCUT2D eigenvalue weighted by atomic mass is 16.3. The van der Waals surface area contributed by atoms with Crippen LogP contribution < -0.4 is 15.5 Å². The number of aliphatic imine (C=N–C) groups is 1. The van der Waals surface area contributed by atoms with Crippen molar-refractivity contribution in [1.82, 2.24) is 25.2 Å². The number of fused-ring (bicyclic) bond motifs is 1. The van der Waals surface area contributed by atoms with Crippen LogP contribution in [0.2, 0.25) is 0 Å². The lowest BCUT2D eigenvalue weighted by Crippen LogP contribution is -2.39. The maximum Gasteiger partial charge on any atom is 0.191 e. The van der Waals surface area contributed by atoms with Gasteiger partial charge in [-0.25, -0.2) is 4.99 Å². The van der Waals surface area contributed by atoms with Crippen molar-refractivity contribution >= 4 is 17.3 Å². The molecule has 1 aromatic carbocycles. The monoisotopic (exact) mass is 431 g/mol. The number of rotatable bonds is 10. The Balaban J connectivity index is 1.32. The lowest BCUT2D eigenvalue weighted by molar-refractivity contribution is 0.506. The highest BCUT2D eigenvalue weighted by Gasteiger charge is 2.06. The zero-order valence-corrected chi connectivity index (χ0v) is 18.3. The normalized spacial score (nSPS) is 11.6. The molecule has 166 valence electrons. The van der Waals surface area contributed by atoms with Gasteiger partial charge >= 0.3 is 0 Å². The number of pyridine rings is 1. The molecule has 0 aliphatic carbocycles. The van der Waals surface area contributed by atoms with Gasteiger partial charge < -0.3 is 20.0 Å². The van der Waals surface area contributed by atoms with Gasteiger partial charge in [-0.3, -0.25) is 4.40 Å². The van der Waals surface area contributed by atoms with Crippen LogP contribution >= 0.6 is 0 Å². The van der Waals surface area contributed by atoms with Crippen molar-refractivity contribution in [2.24, 2.45) is 4.99 Å². The number of furan rings is 1. The van der Waals surface area contributed by atoms with Crippen LogP contribution in [0.3, 0.4) is 0 Å². The molecule has 0 spiro atoms. The standard InChI is InChI=1S/C24H29N7O/c1-30(20-9-3-2-4-10-20)16-8-14-25-24(26-15-13-21-11-7-18-32-21)27-19-23-29-28-22-12-5-6-17-31(22)23/h2-7,9-12,17-18H,8,13-16,19H2,1H3,(H2,25,26,27). The molecule has 0 fully saturated rings. The minimum absolute atomic E-state index is 0.436. The number of guanidine groups is 1. The summed E-state index contributed by atoms with van der Waals surface area (Å²) in [6, 6.07) is 20.1. The molecule has 3 aromatic heterocycles. The van der Waals surface area contributed by atoms with Crippen molar-refractivity contribution in [2.75, 3.05) is 31.6 Å². The van der Waals surface area contributed by atoms with Crippen molar-refractivity contribution in [1.29, 1.82) is 0 Å². The summed E-state index contributed by atoms with van der Waals surface area (Å²) in [5, 5.41) is 15.3. The molecule has 0 saturated heterocycles. The van der Waals surface area contributed by atoms with E-state index in [4.69, 9.17) is 9.41 Å². The quantitative estimate of drug-likeness (QED) is 0.228.